The monoisotopic (exact) mass is 270 g/mol. The molecule has 0 radical (unpaired) electrons. The molecule has 0 saturated carbocycles. The van der Waals surface area contributed by atoms with Crippen LogP contribution < -0.4 is 10.5 Å². The number of nitrogens with one attached hydrogen (secondary N) is 1. The molecule has 0 aliphatic carbocycles. The predicted octanol–water partition coefficient (Wildman–Crippen LogP) is 2.04. The van der Waals surface area contributed by atoms with Crippen LogP contribution >= 0.6 is 0 Å². The summed E-state index contributed by atoms with van der Waals surface area (Å²) < 4.78 is 26.2. The zero-order chi connectivity index (χ0) is 13.6. The largest absolute Gasteiger partial charge is 0.330 e. The van der Waals surface area contributed by atoms with E-state index >= 15 is 0 Å². The summed E-state index contributed by atoms with van der Waals surface area (Å²) in [5.74, 6) is 0.124. The molecule has 0 aromatic heterocycles. The van der Waals surface area contributed by atoms with Gasteiger partial charge in [0.25, 0.3) is 0 Å². The van der Waals surface area contributed by atoms with Crippen LogP contribution in [0.2, 0.25) is 0 Å². The van der Waals surface area contributed by atoms with Gasteiger partial charge < -0.3 is 5.73 Å². The number of aryl methyl sites for hydroxylation is 2. The molecule has 0 bridgehead atoms. The van der Waals surface area contributed by atoms with Gasteiger partial charge in [-0.1, -0.05) is 13.0 Å². The lowest BCUT2D eigenvalue weighted by molar-refractivity contribution is 0.597. The van der Waals surface area contributed by atoms with Gasteiger partial charge in [0.1, 0.15) is 0 Å². The normalized spacial score (nSPS) is 11.5. The first-order valence-corrected chi connectivity index (χ1v) is 7.94. The number of nitrogens with two attached hydrogens (primary N) is 1. The number of hydrogen-bond acceptors (Lipinski definition) is 3. The van der Waals surface area contributed by atoms with Crippen molar-refractivity contribution in [2.24, 2.45) is 5.73 Å². The summed E-state index contributed by atoms with van der Waals surface area (Å²) >= 11 is 0. The number of hydrogen-bond donors (Lipinski definition) is 2. The molecule has 0 fully saturated rings. The van der Waals surface area contributed by atoms with Gasteiger partial charge in [0.05, 0.1) is 5.75 Å². The first-order valence-electron chi connectivity index (χ1n) is 6.28. The van der Waals surface area contributed by atoms with Crippen molar-refractivity contribution in [3.63, 3.8) is 0 Å². The minimum Gasteiger partial charge on any atom is -0.330 e. The lowest BCUT2D eigenvalue weighted by Crippen LogP contribution is -2.17. The molecule has 1 aromatic carbocycles. The zero-order valence-corrected chi connectivity index (χ0v) is 11.9. The number of rotatable bonds is 7. The molecular weight excluding hydrogens is 248 g/mol. The van der Waals surface area contributed by atoms with Gasteiger partial charge >= 0.3 is 0 Å². The summed E-state index contributed by atoms with van der Waals surface area (Å²) in [5, 5.41) is 0. The van der Waals surface area contributed by atoms with Gasteiger partial charge in [-0.3, -0.25) is 4.72 Å². The van der Waals surface area contributed by atoms with Gasteiger partial charge in [0, 0.05) is 5.69 Å². The molecule has 0 heterocycles. The van der Waals surface area contributed by atoms with E-state index in [-0.39, 0.29) is 5.75 Å². The molecule has 102 valence electrons. The van der Waals surface area contributed by atoms with Crippen LogP contribution in [0.15, 0.2) is 18.2 Å². The summed E-state index contributed by atoms with van der Waals surface area (Å²) in [6.45, 7) is 4.60. The minimum absolute atomic E-state index is 0.124. The molecule has 1 aromatic rings. The molecular formula is C13H22N2O2S. The fourth-order valence-electron chi connectivity index (χ4n) is 1.82. The maximum atomic E-state index is 11.8. The van der Waals surface area contributed by atoms with Crippen molar-refractivity contribution < 1.29 is 8.42 Å². The summed E-state index contributed by atoms with van der Waals surface area (Å²) in [7, 11) is -3.25. The summed E-state index contributed by atoms with van der Waals surface area (Å²) in [4.78, 5) is 0. The van der Waals surface area contributed by atoms with Crippen molar-refractivity contribution in [2.75, 3.05) is 17.0 Å². The van der Waals surface area contributed by atoms with Crippen molar-refractivity contribution >= 4 is 15.7 Å². The highest BCUT2D eigenvalue weighted by atomic mass is 32.2. The Morgan fingerprint density at radius 1 is 1.28 bits per heavy atom. The zero-order valence-electron chi connectivity index (χ0n) is 11.1. The van der Waals surface area contributed by atoms with Crippen LogP contribution in [0, 0.1) is 6.92 Å². The average molecular weight is 270 g/mol. The van der Waals surface area contributed by atoms with Crippen LogP contribution in [0.4, 0.5) is 5.69 Å². The standard InChI is InChI=1S/C13H22N2O2S/c1-3-12-6-7-13(10-11(12)2)15-18(16,17)9-5-4-8-14/h6-7,10,15H,3-5,8-9,14H2,1-2H3. The molecule has 1 rings (SSSR count). The highest BCUT2D eigenvalue weighted by Gasteiger charge is 2.10. The molecule has 0 amide bonds. The Kier molecular flexibility index (Phi) is 5.62. The van der Waals surface area contributed by atoms with E-state index in [0.29, 0.717) is 18.7 Å². The summed E-state index contributed by atoms with van der Waals surface area (Å²) in [6, 6.07) is 5.65. The topological polar surface area (TPSA) is 72.2 Å². The van der Waals surface area contributed by atoms with E-state index in [1.54, 1.807) is 0 Å². The van der Waals surface area contributed by atoms with Crippen LogP contribution in [0.3, 0.4) is 0 Å². The van der Waals surface area contributed by atoms with Gasteiger partial charge in [0.15, 0.2) is 0 Å². The fraction of sp³-hybridized carbons (Fsp3) is 0.538. The average Bonchev–Trinajstić information content (AvgIpc) is 2.29. The van der Waals surface area contributed by atoms with E-state index in [1.807, 2.05) is 25.1 Å². The van der Waals surface area contributed by atoms with E-state index in [2.05, 4.69) is 11.6 Å². The highest BCUT2D eigenvalue weighted by molar-refractivity contribution is 7.92. The Morgan fingerprint density at radius 3 is 2.56 bits per heavy atom. The lowest BCUT2D eigenvalue weighted by atomic mass is 10.1. The first kappa shape index (κ1) is 15.0. The molecule has 5 heteroatoms. The number of anilines is 1. The van der Waals surface area contributed by atoms with Crippen LogP contribution in [0.25, 0.3) is 0 Å². The second kappa shape index (κ2) is 6.75. The number of unbranched alkanes of at least 4 members (excludes halogenated alkanes) is 1. The van der Waals surface area contributed by atoms with Crippen molar-refractivity contribution in [1.82, 2.24) is 0 Å². The van der Waals surface area contributed by atoms with E-state index in [1.165, 1.54) is 5.56 Å². The molecule has 0 spiro atoms. The molecule has 4 nitrogen and oxygen atoms in total. The van der Waals surface area contributed by atoms with Gasteiger partial charge in [-0.05, 0) is 56.0 Å². The smallest absolute Gasteiger partial charge is 0.232 e. The second-order valence-electron chi connectivity index (χ2n) is 4.41. The first-order chi connectivity index (χ1) is 8.48. The quantitative estimate of drug-likeness (QED) is 0.745. The molecule has 0 aliphatic heterocycles. The summed E-state index contributed by atoms with van der Waals surface area (Å²) in [6.07, 6.45) is 2.28. The Morgan fingerprint density at radius 2 is 2.00 bits per heavy atom. The van der Waals surface area contributed by atoms with E-state index in [0.717, 1.165) is 18.4 Å². The maximum Gasteiger partial charge on any atom is 0.232 e. The van der Waals surface area contributed by atoms with E-state index in [9.17, 15) is 8.42 Å². The second-order valence-corrected chi connectivity index (χ2v) is 6.25. The maximum absolute atomic E-state index is 11.8. The highest BCUT2D eigenvalue weighted by Crippen LogP contribution is 2.17. The predicted molar refractivity (Wildman–Crippen MR) is 76.3 cm³/mol. The molecule has 18 heavy (non-hydrogen) atoms. The van der Waals surface area contributed by atoms with E-state index < -0.39 is 10.0 Å². The third-order valence-corrected chi connectivity index (χ3v) is 4.24. The lowest BCUT2D eigenvalue weighted by Gasteiger charge is -2.10. The molecule has 3 N–H and O–H groups in total. The fourth-order valence-corrected chi connectivity index (χ4v) is 3.00. The van der Waals surface area contributed by atoms with Crippen molar-refractivity contribution in [2.45, 2.75) is 33.1 Å². The van der Waals surface area contributed by atoms with Crippen molar-refractivity contribution in [3.05, 3.63) is 29.3 Å². The van der Waals surface area contributed by atoms with Crippen molar-refractivity contribution in [3.8, 4) is 0 Å². The third-order valence-electron chi connectivity index (χ3n) is 2.86. The number of sulfonamides is 1. The molecule has 0 unspecified atom stereocenters. The Bertz CT molecular complexity index is 484. The Labute approximate surface area is 110 Å². The Balaban J connectivity index is 2.69. The van der Waals surface area contributed by atoms with Gasteiger partial charge in [-0.25, -0.2) is 8.42 Å². The third kappa shape index (κ3) is 4.66. The summed E-state index contributed by atoms with van der Waals surface area (Å²) in [5.41, 5.74) is 8.33. The van der Waals surface area contributed by atoms with Crippen LogP contribution in [-0.2, 0) is 16.4 Å². The number of benzene rings is 1. The minimum atomic E-state index is -3.25. The molecule has 0 saturated heterocycles. The molecule has 0 aliphatic rings. The molecule has 0 atom stereocenters. The van der Waals surface area contributed by atoms with E-state index in [4.69, 9.17) is 5.73 Å². The van der Waals surface area contributed by atoms with Crippen LogP contribution in [0.5, 0.6) is 0 Å². The van der Waals surface area contributed by atoms with Gasteiger partial charge in [-0.2, -0.15) is 0 Å². The van der Waals surface area contributed by atoms with Crippen LogP contribution in [0.1, 0.15) is 30.9 Å². The van der Waals surface area contributed by atoms with Gasteiger partial charge in [0.2, 0.25) is 10.0 Å². The Hall–Kier alpha value is -1.07. The van der Waals surface area contributed by atoms with Gasteiger partial charge in [-0.15, -0.1) is 0 Å². The van der Waals surface area contributed by atoms with Crippen LogP contribution in [-0.4, -0.2) is 20.7 Å². The van der Waals surface area contributed by atoms with Crippen molar-refractivity contribution in [1.29, 1.82) is 0 Å². The SMILES string of the molecule is CCc1ccc(NS(=O)(=O)CCCCN)cc1C.